The summed E-state index contributed by atoms with van der Waals surface area (Å²) in [6.07, 6.45) is 4.61. The van der Waals surface area contributed by atoms with Crippen LogP contribution in [0.2, 0.25) is 0 Å². The number of hydrogen-bond acceptors (Lipinski definition) is 3. The van der Waals surface area contributed by atoms with E-state index in [0.717, 1.165) is 35.0 Å². The van der Waals surface area contributed by atoms with Crippen LogP contribution in [-0.4, -0.2) is 42.2 Å². The van der Waals surface area contributed by atoms with E-state index in [9.17, 15) is 4.79 Å². The topological polar surface area (TPSA) is 32.3 Å². The molecule has 0 spiro atoms. The Morgan fingerprint density at radius 3 is 2.83 bits per heavy atom. The van der Waals surface area contributed by atoms with E-state index < -0.39 is 0 Å². The first-order chi connectivity index (χ1) is 10.8. The highest BCUT2D eigenvalue weighted by Crippen LogP contribution is 2.24. The van der Waals surface area contributed by atoms with E-state index in [2.05, 4.69) is 37.1 Å². The van der Waals surface area contributed by atoms with Gasteiger partial charge in [-0.15, -0.1) is 11.8 Å². The molecule has 1 saturated heterocycles. The van der Waals surface area contributed by atoms with E-state index >= 15 is 0 Å². The molecule has 1 unspecified atom stereocenters. The fraction of sp³-hybridized carbons (Fsp3) is 0.632. The Morgan fingerprint density at radius 1 is 1.43 bits per heavy atom. The first-order valence-corrected chi connectivity index (χ1v) is 9.74. The largest absolute Gasteiger partial charge is 0.350 e. The Balaban J connectivity index is 2.00. The van der Waals surface area contributed by atoms with Crippen LogP contribution in [-0.2, 0) is 0 Å². The molecule has 0 aromatic heterocycles. The SMILES string of the molecule is CSc1ccc(C)c(C(=O)NCC(C)(C)N2CCCC(C)C2)c1. The number of carbonyl (C=O) groups excluding carboxylic acids is 1. The van der Waals surface area contributed by atoms with Gasteiger partial charge in [-0.1, -0.05) is 13.0 Å². The molecule has 1 aromatic rings. The molecule has 1 amide bonds. The molecule has 4 heteroatoms. The minimum absolute atomic E-state index is 0.00460. The third-order valence-electron chi connectivity index (χ3n) is 4.88. The maximum absolute atomic E-state index is 12.6. The van der Waals surface area contributed by atoms with Gasteiger partial charge in [-0.2, -0.15) is 0 Å². The van der Waals surface area contributed by atoms with Crippen molar-refractivity contribution in [2.24, 2.45) is 5.92 Å². The van der Waals surface area contributed by atoms with Crippen LogP contribution in [0.15, 0.2) is 23.1 Å². The Labute approximate surface area is 145 Å². The normalized spacial score (nSPS) is 19.6. The number of benzene rings is 1. The summed E-state index contributed by atoms with van der Waals surface area (Å²) in [6, 6.07) is 6.08. The molecule has 2 rings (SSSR count). The molecule has 1 heterocycles. The predicted octanol–water partition coefficient (Wildman–Crippen LogP) is 3.96. The van der Waals surface area contributed by atoms with E-state index in [0.29, 0.717) is 6.54 Å². The van der Waals surface area contributed by atoms with Crippen LogP contribution in [0.3, 0.4) is 0 Å². The molecule has 0 radical (unpaired) electrons. The first-order valence-electron chi connectivity index (χ1n) is 8.51. The molecular formula is C19H30N2OS. The zero-order valence-corrected chi connectivity index (χ0v) is 15.9. The molecule has 0 bridgehead atoms. The molecule has 128 valence electrons. The standard InChI is InChI=1S/C19H30N2OS/c1-14-7-6-10-21(12-14)19(3,4)13-20-18(22)17-11-16(23-5)9-8-15(17)2/h8-9,11,14H,6-7,10,12-13H2,1-5H3,(H,20,22). The van der Waals surface area contributed by atoms with Gasteiger partial charge in [0.2, 0.25) is 0 Å². The summed E-state index contributed by atoms with van der Waals surface area (Å²) in [5, 5.41) is 3.15. The van der Waals surface area contributed by atoms with E-state index in [1.54, 1.807) is 11.8 Å². The van der Waals surface area contributed by atoms with Crippen LogP contribution >= 0.6 is 11.8 Å². The number of thioether (sulfide) groups is 1. The molecule has 23 heavy (non-hydrogen) atoms. The number of carbonyl (C=O) groups is 1. The highest BCUT2D eigenvalue weighted by atomic mass is 32.2. The van der Waals surface area contributed by atoms with E-state index in [1.807, 2.05) is 25.3 Å². The Kier molecular flexibility index (Phi) is 6.15. The van der Waals surface area contributed by atoms with Crippen molar-refractivity contribution in [3.05, 3.63) is 29.3 Å². The molecule has 0 saturated carbocycles. The monoisotopic (exact) mass is 334 g/mol. The number of likely N-dealkylation sites (tertiary alicyclic amines) is 1. The van der Waals surface area contributed by atoms with Gasteiger partial charge in [0.25, 0.3) is 5.91 Å². The van der Waals surface area contributed by atoms with E-state index in [1.165, 1.54) is 12.8 Å². The van der Waals surface area contributed by atoms with Crippen molar-refractivity contribution >= 4 is 17.7 Å². The fourth-order valence-corrected chi connectivity index (χ4v) is 3.66. The molecule has 1 aromatic carbocycles. The number of rotatable bonds is 5. The Bertz CT molecular complexity index is 556. The third kappa shape index (κ3) is 4.74. The van der Waals surface area contributed by atoms with Crippen molar-refractivity contribution in [2.45, 2.75) is 51.0 Å². The molecule has 1 atom stereocenters. The van der Waals surface area contributed by atoms with Crippen LogP contribution in [0.4, 0.5) is 0 Å². The average molecular weight is 335 g/mol. The van der Waals surface area contributed by atoms with Gasteiger partial charge < -0.3 is 5.32 Å². The van der Waals surface area contributed by atoms with E-state index in [-0.39, 0.29) is 11.4 Å². The summed E-state index contributed by atoms with van der Waals surface area (Å²) < 4.78 is 0. The lowest BCUT2D eigenvalue weighted by atomic mass is 9.93. The maximum atomic E-state index is 12.6. The van der Waals surface area contributed by atoms with Crippen LogP contribution < -0.4 is 5.32 Å². The summed E-state index contributed by atoms with van der Waals surface area (Å²) >= 11 is 1.67. The van der Waals surface area contributed by atoms with Gasteiger partial charge in [-0.05, 0) is 70.0 Å². The number of hydrogen-bond donors (Lipinski definition) is 1. The summed E-state index contributed by atoms with van der Waals surface area (Å²) in [6.45, 7) is 11.7. The fourth-order valence-electron chi connectivity index (χ4n) is 3.22. The number of aryl methyl sites for hydroxylation is 1. The van der Waals surface area contributed by atoms with Crippen molar-refractivity contribution < 1.29 is 4.79 Å². The predicted molar refractivity (Wildman–Crippen MR) is 99.3 cm³/mol. The lowest BCUT2D eigenvalue weighted by Gasteiger charge is -2.43. The number of nitrogens with zero attached hydrogens (tertiary/aromatic N) is 1. The zero-order chi connectivity index (χ0) is 17.0. The molecule has 1 N–H and O–H groups in total. The average Bonchev–Trinajstić information content (AvgIpc) is 2.53. The second kappa shape index (κ2) is 7.71. The third-order valence-corrected chi connectivity index (χ3v) is 5.61. The van der Waals surface area contributed by atoms with Crippen LogP contribution in [0.1, 0.15) is 49.5 Å². The molecule has 1 aliphatic heterocycles. The number of piperidine rings is 1. The highest BCUT2D eigenvalue weighted by Gasteiger charge is 2.30. The van der Waals surface area contributed by atoms with Crippen LogP contribution in [0.25, 0.3) is 0 Å². The number of amides is 1. The van der Waals surface area contributed by atoms with Gasteiger partial charge >= 0.3 is 0 Å². The van der Waals surface area contributed by atoms with Gasteiger partial charge in [0, 0.05) is 29.1 Å². The molecule has 1 aliphatic rings. The maximum Gasteiger partial charge on any atom is 0.251 e. The smallest absolute Gasteiger partial charge is 0.251 e. The zero-order valence-electron chi connectivity index (χ0n) is 15.1. The van der Waals surface area contributed by atoms with Crippen molar-refractivity contribution in [3.8, 4) is 0 Å². The summed E-state index contributed by atoms with van der Waals surface area (Å²) in [5.41, 5.74) is 1.82. The second-order valence-corrected chi connectivity index (χ2v) is 8.25. The van der Waals surface area contributed by atoms with Gasteiger partial charge in [0.1, 0.15) is 0 Å². The minimum Gasteiger partial charge on any atom is -0.350 e. The lowest BCUT2D eigenvalue weighted by Crippen LogP contribution is -2.54. The van der Waals surface area contributed by atoms with Crippen molar-refractivity contribution in [3.63, 3.8) is 0 Å². The van der Waals surface area contributed by atoms with Gasteiger partial charge in [-0.3, -0.25) is 9.69 Å². The van der Waals surface area contributed by atoms with Crippen molar-refractivity contribution in [1.29, 1.82) is 0 Å². The lowest BCUT2D eigenvalue weighted by molar-refractivity contribution is 0.0657. The van der Waals surface area contributed by atoms with Crippen LogP contribution in [0, 0.1) is 12.8 Å². The van der Waals surface area contributed by atoms with E-state index in [4.69, 9.17) is 0 Å². The van der Waals surface area contributed by atoms with Gasteiger partial charge in [0.05, 0.1) is 0 Å². The summed E-state index contributed by atoms with van der Waals surface area (Å²) in [7, 11) is 0. The van der Waals surface area contributed by atoms with Crippen molar-refractivity contribution in [1.82, 2.24) is 10.2 Å². The molecule has 3 nitrogen and oxygen atoms in total. The molecule has 1 fully saturated rings. The Morgan fingerprint density at radius 2 is 2.17 bits per heavy atom. The summed E-state index contributed by atoms with van der Waals surface area (Å²) in [5.74, 6) is 0.788. The molecule has 0 aliphatic carbocycles. The second-order valence-electron chi connectivity index (χ2n) is 7.37. The van der Waals surface area contributed by atoms with Crippen LogP contribution in [0.5, 0.6) is 0 Å². The summed E-state index contributed by atoms with van der Waals surface area (Å²) in [4.78, 5) is 16.2. The first kappa shape index (κ1) is 18.3. The van der Waals surface area contributed by atoms with Gasteiger partial charge in [-0.25, -0.2) is 0 Å². The quantitative estimate of drug-likeness (QED) is 0.827. The van der Waals surface area contributed by atoms with Crippen molar-refractivity contribution in [2.75, 3.05) is 25.9 Å². The number of nitrogens with one attached hydrogen (secondary N) is 1. The molecular weight excluding hydrogens is 304 g/mol. The minimum atomic E-state index is -0.00460. The van der Waals surface area contributed by atoms with Gasteiger partial charge in [0.15, 0.2) is 0 Å². The highest BCUT2D eigenvalue weighted by molar-refractivity contribution is 7.98. The Hall–Kier alpha value is -1.00.